The predicted octanol–water partition coefficient (Wildman–Crippen LogP) is 3.03. The van der Waals surface area contributed by atoms with Crippen LogP contribution in [0.15, 0.2) is 53.5 Å². The van der Waals surface area contributed by atoms with E-state index in [1.807, 2.05) is 18.2 Å². The van der Waals surface area contributed by atoms with Gasteiger partial charge in [0.05, 0.1) is 30.3 Å². The molecule has 0 saturated carbocycles. The first kappa shape index (κ1) is 21.0. The van der Waals surface area contributed by atoms with Crippen LogP contribution in [0.2, 0.25) is 5.02 Å². The number of halogens is 1. The average molecular weight is 467 g/mol. The van der Waals surface area contributed by atoms with E-state index in [-0.39, 0.29) is 29.4 Å². The molecule has 2 atom stereocenters. The molecule has 0 radical (unpaired) electrons. The summed E-state index contributed by atoms with van der Waals surface area (Å²) in [7, 11) is -1.60. The number of anilines is 1. The van der Waals surface area contributed by atoms with Crippen molar-refractivity contribution in [3.63, 3.8) is 0 Å². The Kier molecular flexibility index (Phi) is 5.95. The molecular weight excluding hydrogens is 448 g/mol. The van der Waals surface area contributed by atoms with Gasteiger partial charge in [-0.25, -0.2) is 8.42 Å². The van der Waals surface area contributed by atoms with E-state index in [1.54, 1.807) is 42.3 Å². The molecule has 1 amide bonds. The summed E-state index contributed by atoms with van der Waals surface area (Å²) >= 11 is 7.15. The van der Waals surface area contributed by atoms with Crippen LogP contribution in [0, 0.1) is 0 Å². The van der Waals surface area contributed by atoms with Crippen LogP contribution < -0.4 is 14.4 Å². The predicted molar refractivity (Wildman–Crippen MR) is 119 cm³/mol. The fraction of sp³-hybridized carbons (Fsp3) is 0.300. The van der Waals surface area contributed by atoms with Gasteiger partial charge in [0.25, 0.3) is 5.91 Å². The number of sulfone groups is 1. The van der Waals surface area contributed by atoms with Gasteiger partial charge < -0.3 is 14.4 Å². The third-order valence-electron chi connectivity index (χ3n) is 4.81. The summed E-state index contributed by atoms with van der Waals surface area (Å²) in [6.07, 6.45) is 0. The van der Waals surface area contributed by atoms with Gasteiger partial charge in [-0.15, -0.1) is 0 Å². The standard InChI is InChI=1S/C20H19ClN2O5S2/c1-27-17-5-3-2-4-15(17)23-16-11-30(25,26)12-18(16)29-20(23)22-19(24)10-28-14-8-6-13(21)7-9-14/h2-9,16,18H,10-12H2,1H3/t16-,18+/m1/s1. The number of aliphatic imine (C=N–C) groups is 1. The Morgan fingerprint density at radius 2 is 1.93 bits per heavy atom. The number of fused-ring (bicyclic) bond motifs is 1. The molecular formula is C20H19ClN2O5S2. The lowest BCUT2D eigenvalue weighted by Gasteiger charge is -2.26. The van der Waals surface area contributed by atoms with Crippen LogP contribution in [-0.2, 0) is 14.6 Å². The van der Waals surface area contributed by atoms with Gasteiger partial charge in [0.2, 0.25) is 0 Å². The number of carbonyl (C=O) groups is 1. The summed E-state index contributed by atoms with van der Waals surface area (Å²) < 4.78 is 35.3. The second-order valence-electron chi connectivity index (χ2n) is 6.87. The smallest absolute Gasteiger partial charge is 0.285 e. The highest BCUT2D eigenvalue weighted by Crippen LogP contribution is 2.43. The largest absolute Gasteiger partial charge is 0.495 e. The Morgan fingerprint density at radius 1 is 1.20 bits per heavy atom. The summed E-state index contributed by atoms with van der Waals surface area (Å²) in [5, 5.41) is 0.836. The molecule has 4 rings (SSSR count). The van der Waals surface area contributed by atoms with E-state index < -0.39 is 15.7 Å². The van der Waals surface area contributed by atoms with Gasteiger partial charge in [0.15, 0.2) is 21.6 Å². The lowest BCUT2D eigenvalue weighted by Crippen LogP contribution is -2.38. The number of ether oxygens (including phenoxy) is 2. The number of amides is 1. The second kappa shape index (κ2) is 8.49. The summed E-state index contributed by atoms with van der Waals surface area (Å²) in [6.45, 7) is -0.237. The van der Waals surface area contributed by atoms with E-state index >= 15 is 0 Å². The van der Waals surface area contributed by atoms with Crippen LogP contribution in [0.4, 0.5) is 5.69 Å². The van der Waals surface area contributed by atoms with Gasteiger partial charge in [-0.1, -0.05) is 35.5 Å². The molecule has 30 heavy (non-hydrogen) atoms. The minimum atomic E-state index is -3.15. The minimum Gasteiger partial charge on any atom is -0.495 e. The summed E-state index contributed by atoms with van der Waals surface area (Å²) in [6, 6.07) is 13.7. The molecule has 0 bridgehead atoms. The number of nitrogens with zero attached hydrogens (tertiary/aromatic N) is 2. The maximum absolute atomic E-state index is 12.5. The molecule has 7 nitrogen and oxygen atoms in total. The molecule has 2 saturated heterocycles. The van der Waals surface area contributed by atoms with Crippen molar-refractivity contribution in [2.24, 2.45) is 4.99 Å². The maximum atomic E-state index is 12.5. The van der Waals surface area contributed by atoms with Crippen LogP contribution in [0.1, 0.15) is 0 Å². The summed E-state index contributed by atoms with van der Waals surface area (Å²) in [5.41, 5.74) is 0.683. The van der Waals surface area contributed by atoms with Gasteiger partial charge in [-0.2, -0.15) is 4.99 Å². The molecule has 0 N–H and O–H groups in total. The van der Waals surface area contributed by atoms with E-state index in [1.165, 1.54) is 11.8 Å². The van der Waals surface area contributed by atoms with Gasteiger partial charge in [-0.3, -0.25) is 4.79 Å². The van der Waals surface area contributed by atoms with E-state index in [2.05, 4.69) is 4.99 Å². The molecule has 10 heteroatoms. The zero-order valence-electron chi connectivity index (χ0n) is 16.0. The normalized spacial score (nSPS) is 23.4. The number of benzene rings is 2. The maximum Gasteiger partial charge on any atom is 0.285 e. The second-order valence-corrected chi connectivity index (χ2v) is 10.7. The lowest BCUT2D eigenvalue weighted by atomic mass is 10.2. The molecule has 158 valence electrons. The molecule has 0 aliphatic carbocycles. The van der Waals surface area contributed by atoms with Crippen LogP contribution >= 0.6 is 23.4 Å². The number of carbonyl (C=O) groups excluding carboxylic acids is 1. The van der Waals surface area contributed by atoms with Crippen LogP contribution in [0.25, 0.3) is 0 Å². The summed E-state index contributed by atoms with van der Waals surface area (Å²) in [5.74, 6) is 0.701. The molecule has 0 spiro atoms. The quantitative estimate of drug-likeness (QED) is 0.669. The van der Waals surface area contributed by atoms with Crippen molar-refractivity contribution >= 4 is 50.0 Å². The first-order chi connectivity index (χ1) is 14.4. The van der Waals surface area contributed by atoms with Crippen molar-refractivity contribution in [1.82, 2.24) is 0 Å². The number of hydrogen-bond acceptors (Lipinski definition) is 6. The number of thioether (sulfide) groups is 1. The van der Waals surface area contributed by atoms with Crippen molar-refractivity contribution in [2.45, 2.75) is 11.3 Å². The van der Waals surface area contributed by atoms with Crippen molar-refractivity contribution in [3.8, 4) is 11.5 Å². The van der Waals surface area contributed by atoms with Crippen LogP contribution in [-0.4, -0.2) is 56.0 Å². The zero-order chi connectivity index (χ0) is 21.3. The molecule has 2 heterocycles. The molecule has 2 fully saturated rings. The Hall–Kier alpha value is -2.23. The van der Waals surface area contributed by atoms with Crippen molar-refractivity contribution < 1.29 is 22.7 Å². The summed E-state index contributed by atoms with van der Waals surface area (Å²) in [4.78, 5) is 18.5. The molecule has 0 aromatic heterocycles. The molecule has 2 aliphatic heterocycles. The fourth-order valence-corrected chi connectivity index (χ4v) is 7.54. The number of rotatable bonds is 5. The molecule has 0 unspecified atom stereocenters. The van der Waals surface area contributed by atoms with Gasteiger partial charge in [0.1, 0.15) is 11.5 Å². The van der Waals surface area contributed by atoms with Crippen molar-refractivity contribution in [2.75, 3.05) is 30.1 Å². The van der Waals surface area contributed by atoms with Gasteiger partial charge >= 0.3 is 0 Å². The highest BCUT2D eigenvalue weighted by molar-refractivity contribution is 8.16. The number of amidine groups is 1. The monoisotopic (exact) mass is 466 g/mol. The third kappa shape index (κ3) is 4.43. The van der Waals surface area contributed by atoms with Gasteiger partial charge in [-0.05, 0) is 36.4 Å². The average Bonchev–Trinajstić information content (AvgIpc) is 3.18. The number of methoxy groups -OCH3 is 1. The van der Waals surface area contributed by atoms with Crippen LogP contribution in [0.3, 0.4) is 0 Å². The van der Waals surface area contributed by atoms with Crippen molar-refractivity contribution in [3.05, 3.63) is 53.6 Å². The van der Waals surface area contributed by atoms with Gasteiger partial charge in [0, 0.05) is 10.3 Å². The van der Waals surface area contributed by atoms with E-state index in [0.29, 0.717) is 27.4 Å². The first-order valence-corrected chi connectivity index (χ1v) is 12.2. The molecule has 2 aliphatic rings. The molecule has 2 aromatic rings. The van der Waals surface area contributed by atoms with E-state index in [0.717, 1.165) is 0 Å². The van der Waals surface area contributed by atoms with Crippen molar-refractivity contribution in [1.29, 1.82) is 0 Å². The Balaban J connectivity index is 1.59. The Morgan fingerprint density at radius 3 is 2.67 bits per heavy atom. The highest BCUT2D eigenvalue weighted by Gasteiger charge is 2.50. The number of para-hydroxylation sites is 2. The topological polar surface area (TPSA) is 85.3 Å². The highest BCUT2D eigenvalue weighted by atomic mass is 35.5. The van der Waals surface area contributed by atoms with E-state index in [4.69, 9.17) is 21.1 Å². The van der Waals surface area contributed by atoms with E-state index in [9.17, 15) is 13.2 Å². The van der Waals surface area contributed by atoms with Crippen LogP contribution in [0.5, 0.6) is 11.5 Å². The number of hydrogen-bond donors (Lipinski definition) is 0. The third-order valence-corrected chi connectivity index (χ3v) is 8.27. The zero-order valence-corrected chi connectivity index (χ0v) is 18.4. The SMILES string of the molecule is COc1ccccc1N1C(=NC(=O)COc2ccc(Cl)cc2)S[C@H]2CS(=O)(=O)C[C@H]21. The Bertz CT molecular complexity index is 1090. The Labute approximate surface area is 183 Å². The minimum absolute atomic E-state index is 0.0111. The first-order valence-electron chi connectivity index (χ1n) is 9.15. The lowest BCUT2D eigenvalue weighted by molar-refractivity contribution is -0.119. The molecule has 2 aromatic carbocycles. The fourth-order valence-electron chi connectivity index (χ4n) is 3.49.